The van der Waals surface area contributed by atoms with Crippen molar-refractivity contribution >= 4 is 5.78 Å². The highest BCUT2D eigenvalue weighted by Gasteiger charge is 2.18. The molecule has 1 heteroatoms. The second kappa shape index (κ2) is 9.58. The fourth-order valence-electron chi connectivity index (χ4n) is 3.24. The molecule has 1 rings (SSSR count). The summed E-state index contributed by atoms with van der Waals surface area (Å²) in [5.41, 5.74) is 0. The van der Waals surface area contributed by atoms with Crippen LogP contribution in [0.2, 0.25) is 0 Å². The Balaban J connectivity index is 2.25. The van der Waals surface area contributed by atoms with Gasteiger partial charge in [-0.05, 0) is 11.8 Å². The molecule has 1 fully saturated rings. The van der Waals surface area contributed by atoms with Gasteiger partial charge in [-0.2, -0.15) is 0 Å². The molecule has 0 aromatic carbocycles. The molecule has 1 aliphatic carbocycles. The average Bonchev–Trinajstić information content (AvgIpc) is 2.63. The molecule has 0 aromatic heterocycles. The van der Waals surface area contributed by atoms with Crippen LogP contribution < -0.4 is 0 Å². The lowest BCUT2D eigenvalue weighted by Gasteiger charge is -2.17. The minimum atomic E-state index is 0.546. The van der Waals surface area contributed by atoms with Gasteiger partial charge in [0.05, 0.1) is 0 Å². The van der Waals surface area contributed by atoms with Crippen LogP contribution in [0, 0.1) is 11.8 Å². The molecule has 1 unspecified atom stereocenters. The molecule has 1 nitrogen and oxygen atoms in total. The van der Waals surface area contributed by atoms with Crippen LogP contribution >= 0.6 is 0 Å². The number of carbonyl (C=O) groups is 1. The van der Waals surface area contributed by atoms with Crippen LogP contribution in [0.25, 0.3) is 0 Å². The van der Waals surface area contributed by atoms with Crippen LogP contribution in [0.3, 0.4) is 0 Å². The zero-order valence-electron chi connectivity index (χ0n) is 12.5. The molecule has 0 aromatic rings. The van der Waals surface area contributed by atoms with E-state index in [1.807, 2.05) is 0 Å². The summed E-state index contributed by atoms with van der Waals surface area (Å²) in [6, 6.07) is 0. The van der Waals surface area contributed by atoms with Gasteiger partial charge in [0, 0.05) is 12.8 Å². The van der Waals surface area contributed by atoms with E-state index in [1.165, 1.54) is 64.2 Å². The Morgan fingerprint density at radius 1 is 1.11 bits per heavy atom. The third kappa shape index (κ3) is 6.56. The molecular formula is C17H32O. The van der Waals surface area contributed by atoms with Crippen LogP contribution in [-0.2, 0) is 4.79 Å². The first-order valence-electron chi connectivity index (χ1n) is 8.27. The molecular weight excluding hydrogens is 220 g/mol. The number of hydrogen-bond donors (Lipinski definition) is 0. The summed E-state index contributed by atoms with van der Waals surface area (Å²) < 4.78 is 0. The Bertz CT molecular complexity index is 214. The standard InChI is InChI=1S/C17H32O/c1-3-5-10-15(4-2)13-17(18)14-16-11-8-6-7-9-12-16/h15-16H,3-14H2,1-2H3. The SMILES string of the molecule is CCCCC(CC)CC(=O)CC1CCCCCC1. The molecule has 0 amide bonds. The van der Waals surface area contributed by atoms with Gasteiger partial charge in [0.15, 0.2) is 0 Å². The van der Waals surface area contributed by atoms with Gasteiger partial charge in [0.2, 0.25) is 0 Å². The molecule has 1 atom stereocenters. The van der Waals surface area contributed by atoms with Crippen molar-refractivity contribution in [3.8, 4) is 0 Å². The van der Waals surface area contributed by atoms with Crippen LogP contribution in [-0.4, -0.2) is 5.78 Å². The smallest absolute Gasteiger partial charge is 0.133 e. The minimum absolute atomic E-state index is 0.546. The Morgan fingerprint density at radius 2 is 1.78 bits per heavy atom. The quantitative estimate of drug-likeness (QED) is 0.520. The fraction of sp³-hybridized carbons (Fsp3) is 0.941. The summed E-state index contributed by atoms with van der Waals surface area (Å²) in [7, 11) is 0. The largest absolute Gasteiger partial charge is 0.300 e. The fourth-order valence-corrected chi connectivity index (χ4v) is 3.24. The molecule has 0 N–H and O–H groups in total. The lowest BCUT2D eigenvalue weighted by molar-refractivity contribution is -0.121. The van der Waals surface area contributed by atoms with Crippen LogP contribution in [0.4, 0.5) is 0 Å². The van der Waals surface area contributed by atoms with Crippen molar-refractivity contribution in [3.63, 3.8) is 0 Å². The normalized spacial score (nSPS) is 19.4. The van der Waals surface area contributed by atoms with E-state index in [-0.39, 0.29) is 0 Å². The zero-order valence-corrected chi connectivity index (χ0v) is 12.5. The molecule has 0 radical (unpaired) electrons. The van der Waals surface area contributed by atoms with Gasteiger partial charge in [-0.3, -0.25) is 4.79 Å². The second-order valence-electron chi connectivity index (χ2n) is 6.22. The third-order valence-corrected chi connectivity index (χ3v) is 4.55. The zero-order chi connectivity index (χ0) is 13.2. The predicted molar refractivity (Wildman–Crippen MR) is 78.7 cm³/mol. The van der Waals surface area contributed by atoms with Crippen molar-refractivity contribution in [2.45, 2.75) is 90.9 Å². The van der Waals surface area contributed by atoms with Gasteiger partial charge in [-0.25, -0.2) is 0 Å². The molecule has 0 spiro atoms. The van der Waals surface area contributed by atoms with Gasteiger partial charge < -0.3 is 0 Å². The van der Waals surface area contributed by atoms with E-state index in [2.05, 4.69) is 13.8 Å². The molecule has 18 heavy (non-hydrogen) atoms. The van der Waals surface area contributed by atoms with Crippen LogP contribution in [0.1, 0.15) is 90.9 Å². The second-order valence-corrected chi connectivity index (χ2v) is 6.22. The summed E-state index contributed by atoms with van der Waals surface area (Å²) in [5.74, 6) is 1.91. The van der Waals surface area contributed by atoms with Gasteiger partial charge in [0.1, 0.15) is 5.78 Å². The molecule has 0 aliphatic heterocycles. The first kappa shape index (κ1) is 15.7. The van der Waals surface area contributed by atoms with Crippen molar-refractivity contribution < 1.29 is 4.79 Å². The first-order chi connectivity index (χ1) is 8.76. The van der Waals surface area contributed by atoms with Crippen molar-refractivity contribution in [2.24, 2.45) is 11.8 Å². The van der Waals surface area contributed by atoms with Crippen molar-refractivity contribution in [3.05, 3.63) is 0 Å². The van der Waals surface area contributed by atoms with Gasteiger partial charge in [-0.15, -0.1) is 0 Å². The summed E-state index contributed by atoms with van der Waals surface area (Å²) in [6.07, 6.45) is 14.8. The van der Waals surface area contributed by atoms with E-state index in [0.29, 0.717) is 17.6 Å². The molecule has 0 saturated heterocycles. The monoisotopic (exact) mass is 252 g/mol. The van der Waals surface area contributed by atoms with E-state index < -0.39 is 0 Å². The van der Waals surface area contributed by atoms with E-state index in [9.17, 15) is 4.79 Å². The molecule has 106 valence electrons. The number of carbonyl (C=O) groups excluding carboxylic acids is 1. The van der Waals surface area contributed by atoms with Crippen LogP contribution in [0.15, 0.2) is 0 Å². The molecule has 1 aliphatic rings. The van der Waals surface area contributed by atoms with E-state index >= 15 is 0 Å². The summed E-state index contributed by atoms with van der Waals surface area (Å²) in [5, 5.41) is 0. The van der Waals surface area contributed by atoms with Crippen molar-refractivity contribution in [1.82, 2.24) is 0 Å². The van der Waals surface area contributed by atoms with Crippen LogP contribution in [0.5, 0.6) is 0 Å². The summed E-state index contributed by atoms with van der Waals surface area (Å²) in [6.45, 7) is 4.47. The summed E-state index contributed by atoms with van der Waals surface area (Å²) >= 11 is 0. The van der Waals surface area contributed by atoms with E-state index in [4.69, 9.17) is 0 Å². The Kier molecular flexibility index (Phi) is 8.37. The molecule has 0 heterocycles. The Labute approximate surface area is 114 Å². The maximum absolute atomic E-state index is 12.2. The maximum atomic E-state index is 12.2. The van der Waals surface area contributed by atoms with Crippen molar-refractivity contribution in [1.29, 1.82) is 0 Å². The number of ketones is 1. The highest BCUT2D eigenvalue weighted by Crippen LogP contribution is 2.27. The summed E-state index contributed by atoms with van der Waals surface area (Å²) in [4.78, 5) is 12.2. The number of hydrogen-bond acceptors (Lipinski definition) is 1. The number of rotatable bonds is 8. The number of unbranched alkanes of at least 4 members (excludes halogenated alkanes) is 1. The van der Waals surface area contributed by atoms with E-state index in [1.54, 1.807) is 0 Å². The lowest BCUT2D eigenvalue weighted by atomic mass is 9.88. The number of Topliss-reactive ketones (excluding diaryl/α,β-unsaturated/α-hetero) is 1. The third-order valence-electron chi connectivity index (χ3n) is 4.55. The maximum Gasteiger partial charge on any atom is 0.133 e. The van der Waals surface area contributed by atoms with Gasteiger partial charge in [-0.1, -0.05) is 78.1 Å². The Morgan fingerprint density at radius 3 is 2.33 bits per heavy atom. The first-order valence-corrected chi connectivity index (χ1v) is 8.27. The van der Waals surface area contributed by atoms with Crippen molar-refractivity contribution in [2.75, 3.05) is 0 Å². The minimum Gasteiger partial charge on any atom is -0.300 e. The highest BCUT2D eigenvalue weighted by molar-refractivity contribution is 5.78. The topological polar surface area (TPSA) is 17.1 Å². The Hall–Kier alpha value is -0.330. The molecule has 1 saturated carbocycles. The highest BCUT2D eigenvalue weighted by atomic mass is 16.1. The predicted octanol–water partition coefficient (Wildman–Crippen LogP) is 5.52. The lowest BCUT2D eigenvalue weighted by Crippen LogP contribution is -2.12. The van der Waals surface area contributed by atoms with Gasteiger partial charge >= 0.3 is 0 Å². The average molecular weight is 252 g/mol. The van der Waals surface area contributed by atoms with Gasteiger partial charge in [0.25, 0.3) is 0 Å². The molecule has 0 bridgehead atoms. The van der Waals surface area contributed by atoms with E-state index in [0.717, 1.165) is 12.8 Å².